The summed E-state index contributed by atoms with van der Waals surface area (Å²) in [5, 5.41) is 29.4. The Kier molecular flexibility index (Phi) is 3.72. The lowest BCUT2D eigenvalue weighted by atomic mass is 9.96. The first kappa shape index (κ1) is 15.0. The maximum atomic E-state index is 11.4. The molecule has 0 aliphatic rings. The highest BCUT2D eigenvalue weighted by Gasteiger charge is 2.18. The zero-order valence-electron chi connectivity index (χ0n) is 12.4. The standard InChI is InChI=1S/C18H15NO4/c1-10-2-7-13-14(12-5-3-11(9-20)4-6-12)8-15(18(22)23)17(21)16(13)19-10/h2-8,20-21H,9H2,1H3,(H,22,23). The monoisotopic (exact) mass is 309 g/mol. The van der Waals surface area contributed by atoms with Gasteiger partial charge in [-0.25, -0.2) is 9.78 Å². The molecule has 0 atom stereocenters. The van der Waals surface area contributed by atoms with Crippen molar-refractivity contribution >= 4 is 16.9 Å². The summed E-state index contributed by atoms with van der Waals surface area (Å²) in [6.45, 7) is 1.72. The van der Waals surface area contributed by atoms with Crippen molar-refractivity contribution in [3.05, 3.63) is 59.3 Å². The van der Waals surface area contributed by atoms with Gasteiger partial charge in [0.15, 0.2) is 5.75 Å². The van der Waals surface area contributed by atoms with Crippen molar-refractivity contribution in [2.24, 2.45) is 0 Å². The Balaban J connectivity index is 2.34. The largest absolute Gasteiger partial charge is 0.505 e. The number of aromatic hydroxyl groups is 1. The number of nitrogens with zero attached hydrogens (tertiary/aromatic N) is 1. The van der Waals surface area contributed by atoms with E-state index in [1.807, 2.05) is 24.3 Å². The first-order chi connectivity index (χ1) is 11.0. The van der Waals surface area contributed by atoms with Crippen molar-refractivity contribution in [1.82, 2.24) is 4.98 Å². The number of aromatic carboxylic acids is 1. The van der Waals surface area contributed by atoms with Crippen LogP contribution >= 0.6 is 0 Å². The van der Waals surface area contributed by atoms with Crippen LogP contribution in [-0.2, 0) is 6.61 Å². The van der Waals surface area contributed by atoms with Crippen molar-refractivity contribution in [3.63, 3.8) is 0 Å². The van der Waals surface area contributed by atoms with Crippen LogP contribution in [0.15, 0.2) is 42.5 Å². The van der Waals surface area contributed by atoms with E-state index in [0.717, 1.165) is 11.1 Å². The van der Waals surface area contributed by atoms with E-state index in [2.05, 4.69) is 4.98 Å². The molecular formula is C18H15NO4. The third-order valence-corrected chi connectivity index (χ3v) is 3.77. The van der Waals surface area contributed by atoms with E-state index in [4.69, 9.17) is 5.11 Å². The van der Waals surface area contributed by atoms with Crippen LogP contribution in [0.1, 0.15) is 21.6 Å². The van der Waals surface area contributed by atoms with Gasteiger partial charge in [0, 0.05) is 11.1 Å². The minimum absolute atomic E-state index is 0.0578. The predicted molar refractivity (Wildman–Crippen MR) is 86.5 cm³/mol. The minimum atomic E-state index is -1.21. The summed E-state index contributed by atoms with van der Waals surface area (Å²) >= 11 is 0. The van der Waals surface area contributed by atoms with Crippen molar-refractivity contribution in [3.8, 4) is 16.9 Å². The average Bonchev–Trinajstić information content (AvgIpc) is 2.55. The molecule has 0 unspecified atom stereocenters. The molecular weight excluding hydrogens is 294 g/mol. The molecule has 0 radical (unpaired) electrons. The summed E-state index contributed by atoms with van der Waals surface area (Å²) in [5.41, 5.74) is 3.01. The number of pyridine rings is 1. The van der Waals surface area contributed by atoms with Crippen LogP contribution < -0.4 is 0 Å². The lowest BCUT2D eigenvalue weighted by Gasteiger charge is -2.12. The van der Waals surface area contributed by atoms with Crippen LogP contribution in [-0.4, -0.2) is 26.3 Å². The summed E-state index contributed by atoms with van der Waals surface area (Å²) in [6, 6.07) is 12.2. The zero-order valence-corrected chi connectivity index (χ0v) is 12.4. The third kappa shape index (κ3) is 2.62. The SMILES string of the molecule is Cc1ccc2c(-c3ccc(CO)cc3)cc(C(=O)O)c(O)c2n1. The fourth-order valence-electron chi connectivity index (χ4n) is 2.56. The van der Waals surface area contributed by atoms with E-state index in [0.29, 0.717) is 16.6 Å². The van der Waals surface area contributed by atoms with E-state index in [-0.39, 0.29) is 23.4 Å². The number of phenols is 1. The highest BCUT2D eigenvalue weighted by molar-refractivity contribution is 6.05. The van der Waals surface area contributed by atoms with Gasteiger partial charge in [-0.05, 0) is 35.7 Å². The van der Waals surface area contributed by atoms with Gasteiger partial charge >= 0.3 is 5.97 Å². The fourth-order valence-corrected chi connectivity index (χ4v) is 2.56. The molecule has 5 nitrogen and oxygen atoms in total. The van der Waals surface area contributed by atoms with Gasteiger partial charge in [-0.3, -0.25) is 0 Å². The van der Waals surface area contributed by atoms with E-state index in [9.17, 15) is 15.0 Å². The van der Waals surface area contributed by atoms with E-state index >= 15 is 0 Å². The lowest BCUT2D eigenvalue weighted by Crippen LogP contribution is -2.00. The molecule has 1 aromatic heterocycles. The summed E-state index contributed by atoms with van der Waals surface area (Å²) in [4.78, 5) is 15.7. The number of carboxylic acids is 1. The molecule has 23 heavy (non-hydrogen) atoms. The van der Waals surface area contributed by atoms with Gasteiger partial charge in [-0.15, -0.1) is 0 Å². The molecule has 5 heteroatoms. The quantitative estimate of drug-likeness (QED) is 0.691. The fraction of sp³-hybridized carbons (Fsp3) is 0.111. The van der Waals surface area contributed by atoms with Gasteiger partial charge in [0.25, 0.3) is 0 Å². The highest BCUT2D eigenvalue weighted by atomic mass is 16.4. The maximum Gasteiger partial charge on any atom is 0.339 e. The number of aryl methyl sites for hydroxylation is 1. The molecule has 0 spiro atoms. The Morgan fingerprint density at radius 2 is 1.83 bits per heavy atom. The smallest absolute Gasteiger partial charge is 0.339 e. The summed E-state index contributed by atoms with van der Waals surface area (Å²) in [6.07, 6.45) is 0. The molecule has 0 amide bonds. The topological polar surface area (TPSA) is 90.7 Å². The molecule has 3 aromatic rings. The van der Waals surface area contributed by atoms with Crippen molar-refractivity contribution < 1.29 is 20.1 Å². The molecule has 3 rings (SSSR count). The van der Waals surface area contributed by atoms with Crippen LogP contribution in [0.3, 0.4) is 0 Å². The summed E-state index contributed by atoms with van der Waals surface area (Å²) in [7, 11) is 0. The van der Waals surface area contributed by atoms with Crippen LogP contribution in [0, 0.1) is 6.92 Å². The number of aromatic nitrogens is 1. The number of hydrogen-bond acceptors (Lipinski definition) is 4. The summed E-state index contributed by atoms with van der Waals surface area (Å²) in [5.74, 6) is -1.53. The number of carbonyl (C=O) groups is 1. The minimum Gasteiger partial charge on any atom is -0.505 e. The Labute approximate surface area is 132 Å². The molecule has 0 saturated carbocycles. The number of fused-ring (bicyclic) bond motifs is 1. The predicted octanol–water partition coefficient (Wildman–Crippen LogP) is 3.11. The lowest BCUT2D eigenvalue weighted by molar-refractivity contribution is 0.0694. The van der Waals surface area contributed by atoms with E-state index in [1.54, 1.807) is 19.1 Å². The van der Waals surface area contributed by atoms with Crippen molar-refractivity contribution in [1.29, 1.82) is 0 Å². The summed E-state index contributed by atoms with van der Waals surface area (Å²) < 4.78 is 0. The van der Waals surface area contributed by atoms with Crippen molar-refractivity contribution in [2.45, 2.75) is 13.5 Å². The van der Waals surface area contributed by atoms with E-state index < -0.39 is 5.97 Å². The first-order valence-electron chi connectivity index (χ1n) is 7.08. The average molecular weight is 309 g/mol. The van der Waals surface area contributed by atoms with Crippen LogP contribution in [0.2, 0.25) is 0 Å². The number of benzene rings is 2. The van der Waals surface area contributed by atoms with Crippen LogP contribution in [0.4, 0.5) is 0 Å². The molecule has 116 valence electrons. The van der Waals surface area contributed by atoms with Crippen LogP contribution in [0.25, 0.3) is 22.0 Å². The number of aliphatic hydroxyl groups excluding tert-OH is 1. The second-order valence-corrected chi connectivity index (χ2v) is 5.33. The van der Waals surface area contributed by atoms with Gasteiger partial charge in [0.05, 0.1) is 6.61 Å². The molecule has 0 fully saturated rings. The first-order valence-corrected chi connectivity index (χ1v) is 7.08. The molecule has 0 aliphatic carbocycles. The van der Waals surface area contributed by atoms with Crippen LogP contribution in [0.5, 0.6) is 5.75 Å². The Hall–Kier alpha value is -2.92. The zero-order chi connectivity index (χ0) is 16.6. The molecule has 3 N–H and O–H groups in total. The van der Waals surface area contributed by atoms with Gasteiger partial charge in [0.1, 0.15) is 11.1 Å². The third-order valence-electron chi connectivity index (χ3n) is 3.77. The van der Waals surface area contributed by atoms with Gasteiger partial charge in [0.2, 0.25) is 0 Å². The second kappa shape index (κ2) is 5.70. The van der Waals surface area contributed by atoms with Gasteiger partial charge < -0.3 is 15.3 Å². The van der Waals surface area contributed by atoms with Gasteiger partial charge in [-0.2, -0.15) is 0 Å². The Bertz CT molecular complexity index is 901. The number of carboxylic acid groups (broad SMARTS) is 1. The van der Waals surface area contributed by atoms with Crippen molar-refractivity contribution in [2.75, 3.05) is 0 Å². The Morgan fingerprint density at radius 3 is 2.43 bits per heavy atom. The van der Waals surface area contributed by atoms with E-state index in [1.165, 1.54) is 6.07 Å². The Morgan fingerprint density at radius 1 is 1.13 bits per heavy atom. The molecule has 0 bridgehead atoms. The molecule has 2 aromatic carbocycles. The number of rotatable bonds is 3. The normalized spacial score (nSPS) is 10.9. The number of aliphatic hydroxyl groups is 1. The highest BCUT2D eigenvalue weighted by Crippen LogP contribution is 2.36. The second-order valence-electron chi connectivity index (χ2n) is 5.33. The molecule has 0 aliphatic heterocycles. The maximum absolute atomic E-state index is 11.4. The van der Waals surface area contributed by atoms with Gasteiger partial charge in [-0.1, -0.05) is 30.3 Å². The number of hydrogen-bond donors (Lipinski definition) is 3. The molecule has 0 saturated heterocycles. The molecule has 1 heterocycles.